The second-order valence-corrected chi connectivity index (χ2v) is 4.70. The highest BCUT2D eigenvalue weighted by molar-refractivity contribution is 5.55. The summed E-state index contributed by atoms with van der Waals surface area (Å²) in [7, 11) is 4.17. The van der Waals surface area contributed by atoms with Gasteiger partial charge in [-0.05, 0) is 32.0 Å². The maximum atomic E-state index is 5.47. The van der Waals surface area contributed by atoms with Crippen LogP contribution in [-0.2, 0) is 4.74 Å². The van der Waals surface area contributed by atoms with E-state index in [1.165, 1.54) is 11.3 Å². The Kier molecular flexibility index (Phi) is 4.02. The zero-order valence-electron chi connectivity index (χ0n) is 10.9. The van der Waals surface area contributed by atoms with Crippen molar-refractivity contribution < 1.29 is 4.74 Å². The van der Waals surface area contributed by atoms with Crippen molar-refractivity contribution in [1.82, 2.24) is 5.32 Å². The van der Waals surface area contributed by atoms with Crippen LogP contribution >= 0.6 is 0 Å². The minimum Gasteiger partial charge on any atom is -0.379 e. The lowest BCUT2D eigenvalue weighted by Gasteiger charge is -2.29. The Morgan fingerprint density at radius 2 is 2.18 bits per heavy atom. The fraction of sp³-hybridized carbons (Fsp3) is 0.571. The number of nitrogens with one attached hydrogen (secondary N) is 1. The van der Waals surface area contributed by atoms with Crippen LogP contribution in [-0.4, -0.2) is 33.4 Å². The highest BCUT2D eigenvalue weighted by atomic mass is 16.5. The van der Waals surface area contributed by atoms with E-state index in [1.54, 1.807) is 0 Å². The number of anilines is 1. The SMILES string of the molecule is CNC(C)c1ccccc1N(C)C1CCOC1. The maximum absolute atomic E-state index is 5.47. The van der Waals surface area contributed by atoms with Crippen LogP contribution in [0.2, 0.25) is 0 Å². The van der Waals surface area contributed by atoms with Crippen molar-refractivity contribution in [2.45, 2.75) is 25.4 Å². The van der Waals surface area contributed by atoms with Crippen LogP contribution in [0.4, 0.5) is 5.69 Å². The van der Waals surface area contributed by atoms with Gasteiger partial charge in [0.25, 0.3) is 0 Å². The van der Waals surface area contributed by atoms with Crippen molar-refractivity contribution >= 4 is 5.69 Å². The number of hydrogen-bond donors (Lipinski definition) is 1. The van der Waals surface area contributed by atoms with Crippen LogP contribution in [0, 0.1) is 0 Å². The Morgan fingerprint density at radius 1 is 1.41 bits per heavy atom. The Labute approximate surface area is 104 Å². The summed E-state index contributed by atoms with van der Waals surface area (Å²) in [5.41, 5.74) is 2.66. The summed E-state index contributed by atoms with van der Waals surface area (Å²) in [6, 6.07) is 9.49. The summed E-state index contributed by atoms with van der Waals surface area (Å²) in [6.45, 7) is 3.93. The van der Waals surface area contributed by atoms with Crippen LogP contribution in [0.5, 0.6) is 0 Å². The number of ether oxygens (including phenoxy) is 1. The maximum Gasteiger partial charge on any atom is 0.0670 e. The molecule has 0 radical (unpaired) electrons. The fourth-order valence-electron chi connectivity index (χ4n) is 2.35. The summed E-state index contributed by atoms with van der Waals surface area (Å²) in [5, 5.41) is 3.31. The van der Waals surface area contributed by atoms with Gasteiger partial charge in [-0.1, -0.05) is 18.2 Å². The Bertz CT molecular complexity index is 361. The predicted molar refractivity (Wildman–Crippen MR) is 71.5 cm³/mol. The summed E-state index contributed by atoms with van der Waals surface area (Å²) in [5.74, 6) is 0. The summed E-state index contributed by atoms with van der Waals surface area (Å²) >= 11 is 0. The Hall–Kier alpha value is -1.06. The van der Waals surface area contributed by atoms with E-state index >= 15 is 0 Å². The largest absolute Gasteiger partial charge is 0.379 e. The molecule has 1 aliphatic rings. The van der Waals surface area contributed by atoms with E-state index in [0.717, 1.165) is 19.6 Å². The Morgan fingerprint density at radius 3 is 2.82 bits per heavy atom. The van der Waals surface area contributed by atoms with Gasteiger partial charge in [0.05, 0.1) is 12.6 Å². The summed E-state index contributed by atoms with van der Waals surface area (Å²) in [4.78, 5) is 2.36. The lowest BCUT2D eigenvalue weighted by atomic mass is 10.0. The average molecular weight is 234 g/mol. The van der Waals surface area contributed by atoms with Gasteiger partial charge in [0.2, 0.25) is 0 Å². The molecule has 1 fully saturated rings. The molecule has 94 valence electrons. The smallest absolute Gasteiger partial charge is 0.0670 e. The number of nitrogens with zero attached hydrogens (tertiary/aromatic N) is 1. The van der Waals surface area contributed by atoms with Gasteiger partial charge in [0.15, 0.2) is 0 Å². The molecular formula is C14H22N2O. The van der Waals surface area contributed by atoms with Gasteiger partial charge in [-0.3, -0.25) is 0 Å². The second-order valence-electron chi connectivity index (χ2n) is 4.70. The fourth-order valence-corrected chi connectivity index (χ4v) is 2.35. The molecular weight excluding hydrogens is 212 g/mol. The lowest BCUT2D eigenvalue weighted by Crippen LogP contribution is -2.33. The summed E-state index contributed by atoms with van der Waals surface area (Å²) < 4.78 is 5.47. The van der Waals surface area contributed by atoms with E-state index in [-0.39, 0.29) is 0 Å². The first-order valence-electron chi connectivity index (χ1n) is 6.30. The van der Waals surface area contributed by atoms with Crippen molar-refractivity contribution in [1.29, 1.82) is 0 Å². The normalized spacial score (nSPS) is 21.5. The highest BCUT2D eigenvalue weighted by Crippen LogP contribution is 2.28. The van der Waals surface area contributed by atoms with Crippen molar-refractivity contribution in [2.75, 3.05) is 32.2 Å². The van der Waals surface area contributed by atoms with E-state index in [0.29, 0.717) is 12.1 Å². The monoisotopic (exact) mass is 234 g/mol. The minimum atomic E-state index is 0.371. The van der Waals surface area contributed by atoms with Crippen LogP contribution in [0.25, 0.3) is 0 Å². The molecule has 3 heteroatoms. The third-order valence-corrected chi connectivity index (χ3v) is 3.67. The molecule has 2 rings (SSSR count). The molecule has 1 aliphatic heterocycles. The minimum absolute atomic E-state index is 0.371. The number of likely N-dealkylation sites (N-methyl/N-ethyl adjacent to an activating group) is 1. The van der Waals surface area contributed by atoms with Crippen molar-refractivity contribution in [3.8, 4) is 0 Å². The first kappa shape index (κ1) is 12.4. The Balaban J connectivity index is 2.24. The molecule has 1 aromatic rings. The highest BCUT2D eigenvalue weighted by Gasteiger charge is 2.22. The predicted octanol–water partition coefficient (Wildman–Crippen LogP) is 2.19. The lowest BCUT2D eigenvalue weighted by molar-refractivity contribution is 0.193. The third kappa shape index (κ3) is 2.61. The molecule has 0 saturated carbocycles. The van der Waals surface area contributed by atoms with E-state index in [4.69, 9.17) is 4.74 Å². The van der Waals surface area contributed by atoms with Gasteiger partial charge in [0, 0.05) is 25.4 Å². The second kappa shape index (κ2) is 5.52. The van der Waals surface area contributed by atoms with E-state index < -0.39 is 0 Å². The molecule has 1 N–H and O–H groups in total. The number of para-hydroxylation sites is 1. The van der Waals surface area contributed by atoms with Gasteiger partial charge < -0.3 is 15.0 Å². The number of hydrogen-bond acceptors (Lipinski definition) is 3. The topological polar surface area (TPSA) is 24.5 Å². The molecule has 2 atom stereocenters. The molecule has 0 aromatic heterocycles. The molecule has 1 heterocycles. The zero-order valence-corrected chi connectivity index (χ0v) is 10.9. The average Bonchev–Trinajstić information content (AvgIpc) is 2.91. The number of rotatable bonds is 4. The van der Waals surface area contributed by atoms with Crippen LogP contribution in [0.3, 0.4) is 0 Å². The van der Waals surface area contributed by atoms with Gasteiger partial charge in [-0.15, -0.1) is 0 Å². The summed E-state index contributed by atoms with van der Waals surface area (Å²) in [6.07, 6.45) is 1.12. The van der Waals surface area contributed by atoms with Gasteiger partial charge in [0.1, 0.15) is 0 Å². The molecule has 0 bridgehead atoms. The van der Waals surface area contributed by atoms with E-state index in [1.807, 2.05) is 7.05 Å². The molecule has 0 spiro atoms. The first-order valence-corrected chi connectivity index (χ1v) is 6.30. The molecule has 17 heavy (non-hydrogen) atoms. The molecule has 1 saturated heterocycles. The van der Waals surface area contributed by atoms with Crippen molar-refractivity contribution in [3.63, 3.8) is 0 Å². The third-order valence-electron chi connectivity index (χ3n) is 3.67. The quantitative estimate of drug-likeness (QED) is 0.864. The molecule has 0 aliphatic carbocycles. The van der Waals surface area contributed by atoms with Crippen LogP contribution < -0.4 is 10.2 Å². The molecule has 3 nitrogen and oxygen atoms in total. The standard InChI is InChI=1S/C14H22N2O/c1-11(15-2)13-6-4-5-7-14(13)16(3)12-8-9-17-10-12/h4-7,11-12,15H,8-10H2,1-3H3. The van der Waals surface area contributed by atoms with Crippen molar-refractivity contribution in [2.24, 2.45) is 0 Å². The molecule has 2 unspecified atom stereocenters. The first-order chi connectivity index (χ1) is 8.24. The zero-order chi connectivity index (χ0) is 12.3. The molecule has 0 amide bonds. The van der Waals surface area contributed by atoms with Crippen LogP contribution in [0.1, 0.15) is 24.9 Å². The van der Waals surface area contributed by atoms with Gasteiger partial charge in [-0.25, -0.2) is 0 Å². The van der Waals surface area contributed by atoms with Gasteiger partial charge >= 0.3 is 0 Å². The van der Waals surface area contributed by atoms with Crippen molar-refractivity contribution in [3.05, 3.63) is 29.8 Å². The molecule has 1 aromatic carbocycles. The van der Waals surface area contributed by atoms with E-state index in [2.05, 4.69) is 48.5 Å². The van der Waals surface area contributed by atoms with Crippen LogP contribution in [0.15, 0.2) is 24.3 Å². The van der Waals surface area contributed by atoms with Gasteiger partial charge in [-0.2, -0.15) is 0 Å². The van der Waals surface area contributed by atoms with E-state index in [9.17, 15) is 0 Å². The number of benzene rings is 1.